The largest absolute Gasteiger partial charge is 0.378 e. The Hall–Kier alpha value is -1.69. The van der Waals surface area contributed by atoms with E-state index in [1.165, 1.54) is 25.7 Å². The van der Waals surface area contributed by atoms with Crippen LogP contribution in [0, 0.1) is 5.41 Å². The zero-order chi connectivity index (χ0) is 17.3. The van der Waals surface area contributed by atoms with Crippen LogP contribution >= 0.6 is 0 Å². The van der Waals surface area contributed by atoms with Crippen LogP contribution in [-0.4, -0.2) is 47.2 Å². The third-order valence-electron chi connectivity index (χ3n) is 6.37. The average molecular weight is 344 g/mol. The molecule has 1 aliphatic heterocycles. The Morgan fingerprint density at radius 3 is 2.80 bits per heavy atom. The molecule has 1 aromatic rings. The van der Waals surface area contributed by atoms with Crippen molar-refractivity contribution in [2.45, 2.75) is 70.1 Å². The molecule has 3 fully saturated rings. The molecule has 2 saturated carbocycles. The van der Waals surface area contributed by atoms with Gasteiger partial charge in [-0.15, -0.1) is 0 Å². The van der Waals surface area contributed by atoms with E-state index in [-0.39, 0.29) is 23.4 Å². The third-order valence-corrected chi connectivity index (χ3v) is 6.37. The Kier molecular flexibility index (Phi) is 4.63. The van der Waals surface area contributed by atoms with Crippen LogP contribution in [0.4, 0.5) is 5.95 Å². The summed E-state index contributed by atoms with van der Waals surface area (Å²) in [5, 5.41) is 3.36. The maximum absolute atomic E-state index is 13.0. The molecule has 0 radical (unpaired) electrons. The third kappa shape index (κ3) is 2.90. The smallest absolute Gasteiger partial charge is 0.243 e. The van der Waals surface area contributed by atoms with Gasteiger partial charge >= 0.3 is 0 Å². The van der Waals surface area contributed by atoms with Crippen molar-refractivity contribution < 1.29 is 9.53 Å². The lowest BCUT2D eigenvalue weighted by Gasteiger charge is -2.54. The number of ether oxygens (including phenoxy) is 1. The van der Waals surface area contributed by atoms with Gasteiger partial charge in [-0.05, 0) is 45.1 Å². The minimum atomic E-state index is -0.146. The van der Waals surface area contributed by atoms with E-state index in [9.17, 15) is 4.79 Å². The van der Waals surface area contributed by atoms with Gasteiger partial charge in [-0.1, -0.05) is 12.8 Å². The molecule has 25 heavy (non-hydrogen) atoms. The fourth-order valence-electron chi connectivity index (χ4n) is 5.08. The lowest BCUT2D eigenvalue weighted by Crippen LogP contribution is -2.65. The van der Waals surface area contributed by atoms with Crippen molar-refractivity contribution in [3.63, 3.8) is 0 Å². The van der Waals surface area contributed by atoms with Crippen LogP contribution in [-0.2, 0) is 9.53 Å². The summed E-state index contributed by atoms with van der Waals surface area (Å²) in [4.78, 5) is 23.7. The van der Waals surface area contributed by atoms with Crippen LogP contribution in [0.25, 0.3) is 0 Å². The number of hydrogen-bond donors (Lipinski definition) is 1. The quantitative estimate of drug-likeness (QED) is 0.888. The van der Waals surface area contributed by atoms with Crippen LogP contribution in [0.2, 0.25) is 0 Å². The molecule has 0 aromatic carbocycles. The highest BCUT2D eigenvalue weighted by molar-refractivity contribution is 5.85. The van der Waals surface area contributed by atoms with E-state index in [2.05, 4.69) is 27.1 Å². The average Bonchev–Trinajstić information content (AvgIpc) is 3.32. The number of anilines is 1. The summed E-state index contributed by atoms with van der Waals surface area (Å²) in [7, 11) is 0. The number of nitrogens with zero attached hydrogens (tertiary/aromatic N) is 3. The minimum absolute atomic E-state index is 0.135. The first kappa shape index (κ1) is 16.8. The highest BCUT2D eigenvalue weighted by Crippen LogP contribution is 2.54. The molecule has 6 heteroatoms. The summed E-state index contributed by atoms with van der Waals surface area (Å²) in [5.41, 5.74) is 0.179. The fraction of sp³-hybridized carbons (Fsp3) is 0.737. The van der Waals surface area contributed by atoms with Gasteiger partial charge < -0.3 is 15.0 Å². The van der Waals surface area contributed by atoms with Crippen molar-refractivity contribution in [2.24, 2.45) is 5.41 Å². The molecule has 6 nitrogen and oxygen atoms in total. The molecular weight excluding hydrogens is 316 g/mol. The van der Waals surface area contributed by atoms with E-state index >= 15 is 0 Å². The SMILES string of the molecule is CCO[C@@H]1C[C@H](NC(=O)[C@H]2CCCN2c2ncccn2)C12CCCC2. The number of aromatic nitrogens is 2. The van der Waals surface area contributed by atoms with Gasteiger partial charge in [0.1, 0.15) is 6.04 Å². The summed E-state index contributed by atoms with van der Waals surface area (Å²) in [6.45, 7) is 3.67. The Bertz CT molecular complexity index is 603. The molecule has 2 aliphatic carbocycles. The molecule has 0 unspecified atom stereocenters. The summed E-state index contributed by atoms with van der Waals surface area (Å²) >= 11 is 0. The van der Waals surface area contributed by atoms with Crippen LogP contribution < -0.4 is 10.2 Å². The number of carbonyl (C=O) groups is 1. The molecule has 1 aromatic heterocycles. The first-order valence-electron chi connectivity index (χ1n) is 9.70. The van der Waals surface area contributed by atoms with E-state index in [0.29, 0.717) is 12.1 Å². The van der Waals surface area contributed by atoms with E-state index in [1.54, 1.807) is 18.5 Å². The minimum Gasteiger partial charge on any atom is -0.378 e. The van der Waals surface area contributed by atoms with E-state index in [4.69, 9.17) is 4.74 Å². The highest BCUT2D eigenvalue weighted by Gasteiger charge is 2.57. The first-order chi connectivity index (χ1) is 12.2. The fourth-order valence-corrected chi connectivity index (χ4v) is 5.08. The summed E-state index contributed by atoms with van der Waals surface area (Å²) in [5.74, 6) is 0.799. The van der Waals surface area contributed by atoms with E-state index in [0.717, 1.165) is 32.4 Å². The topological polar surface area (TPSA) is 67.3 Å². The van der Waals surface area contributed by atoms with E-state index in [1.807, 2.05) is 0 Å². The highest BCUT2D eigenvalue weighted by atomic mass is 16.5. The molecule has 1 N–H and O–H groups in total. The van der Waals surface area contributed by atoms with Crippen molar-refractivity contribution in [1.29, 1.82) is 0 Å². The predicted octanol–water partition coefficient (Wildman–Crippen LogP) is 2.30. The lowest BCUT2D eigenvalue weighted by atomic mass is 9.60. The Labute approximate surface area is 149 Å². The van der Waals surface area contributed by atoms with Crippen molar-refractivity contribution in [2.75, 3.05) is 18.1 Å². The van der Waals surface area contributed by atoms with Gasteiger partial charge in [0.2, 0.25) is 11.9 Å². The van der Waals surface area contributed by atoms with Gasteiger partial charge in [0.15, 0.2) is 0 Å². The van der Waals surface area contributed by atoms with Crippen LogP contribution in [0.1, 0.15) is 51.9 Å². The molecule has 2 heterocycles. The van der Waals surface area contributed by atoms with Crippen LogP contribution in [0.3, 0.4) is 0 Å². The Morgan fingerprint density at radius 1 is 1.32 bits per heavy atom. The number of nitrogens with one attached hydrogen (secondary N) is 1. The van der Waals surface area contributed by atoms with Crippen molar-refractivity contribution in [3.05, 3.63) is 18.5 Å². The number of amides is 1. The van der Waals surface area contributed by atoms with Gasteiger partial charge in [-0.3, -0.25) is 4.79 Å². The maximum Gasteiger partial charge on any atom is 0.243 e. The van der Waals surface area contributed by atoms with Crippen LogP contribution in [0.15, 0.2) is 18.5 Å². The number of rotatable bonds is 5. The second-order valence-corrected chi connectivity index (χ2v) is 7.58. The molecule has 3 aliphatic rings. The lowest BCUT2D eigenvalue weighted by molar-refractivity contribution is -0.144. The zero-order valence-corrected chi connectivity index (χ0v) is 15.0. The Morgan fingerprint density at radius 2 is 2.08 bits per heavy atom. The van der Waals surface area contributed by atoms with Gasteiger partial charge in [-0.25, -0.2) is 9.97 Å². The van der Waals surface area contributed by atoms with Gasteiger partial charge in [0.05, 0.1) is 6.10 Å². The van der Waals surface area contributed by atoms with E-state index < -0.39 is 0 Å². The predicted molar refractivity (Wildman–Crippen MR) is 95.3 cm³/mol. The second-order valence-electron chi connectivity index (χ2n) is 7.58. The summed E-state index contributed by atoms with van der Waals surface area (Å²) < 4.78 is 5.96. The molecule has 0 bridgehead atoms. The van der Waals surface area contributed by atoms with Crippen molar-refractivity contribution >= 4 is 11.9 Å². The first-order valence-corrected chi connectivity index (χ1v) is 9.70. The van der Waals surface area contributed by atoms with Crippen molar-refractivity contribution in [1.82, 2.24) is 15.3 Å². The monoisotopic (exact) mass is 344 g/mol. The molecule has 136 valence electrons. The van der Waals surface area contributed by atoms with Crippen molar-refractivity contribution in [3.8, 4) is 0 Å². The number of carbonyl (C=O) groups excluding carboxylic acids is 1. The maximum atomic E-state index is 13.0. The zero-order valence-electron chi connectivity index (χ0n) is 15.0. The second kappa shape index (κ2) is 6.90. The standard InChI is InChI=1S/C19H28N4O2/c1-2-25-16-13-15(19(16)8-3-4-9-19)22-17(24)14-7-5-12-23(14)18-20-10-6-11-21-18/h6,10-11,14-16H,2-5,7-9,12-13H2,1H3,(H,22,24)/t14-,15+,16-/m1/s1. The number of hydrogen-bond acceptors (Lipinski definition) is 5. The molecular formula is C19H28N4O2. The molecule has 1 spiro atoms. The summed E-state index contributed by atoms with van der Waals surface area (Å²) in [6.07, 6.45) is 11.5. The molecule has 3 atom stereocenters. The molecule has 1 amide bonds. The van der Waals surface area contributed by atoms with Crippen LogP contribution in [0.5, 0.6) is 0 Å². The van der Waals surface area contributed by atoms with Gasteiger partial charge in [0, 0.05) is 37.0 Å². The summed E-state index contributed by atoms with van der Waals surface area (Å²) in [6, 6.07) is 1.92. The molecule has 1 saturated heterocycles. The molecule has 4 rings (SSSR count). The Balaban J connectivity index is 1.43. The van der Waals surface area contributed by atoms with Gasteiger partial charge in [-0.2, -0.15) is 0 Å². The van der Waals surface area contributed by atoms with Gasteiger partial charge in [0.25, 0.3) is 0 Å². The normalized spacial score (nSPS) is 30.4.